The van der Waals surface area contributed by atoms with E-state index < -0.39 is 5.24 Å². The van der Waals surface area contributed by atoms with Crippen molar-refractivity contribution in [1.82, 2.24) is 0 Å². The maximum Gasteiger partial charge on any atom is 0.252 e. The number of rotatable bonds is 3. The number of hydrogen-bond donors (Lipinski definition) is 0. The normalized spacial score (nSPS) is 11.8. The zero-order chi connectivity index (χ0) is 8.15. The zero-order valence-electron chi connectivity index (χ0n) is 5.86. The molecule has 54 valence electrons. The predicted molar refractivity (Wildman–Crippen MR) is 44.0 cm³/mol. The molecule has 0 radical (unpaired) electrons. The van der Waals surface area contributed by atoms with Crippen molar-refractivity contribution in [2.24, 2.45) is 0 Å². The van der Waals surface area contributed by atoms with E-state index in [0.717, 1.165) is 5.57 Å². The van der Waals surface area contributed by atoms with Crippen LogP contribution in [0.1, 0.15) is 6.92 Å². The molecule has 0 aromatic rings. The first-order valence-electron chi connectivity index (χ1n) is 2.79. The molecule has 0 aliphatic carbocycles. The minimum atomic E-state index is -0.493. The van der Waals surface area contributed by atoms with Gasteiger partial charge in [-0.3, -0.25) is 4.79 Å². The van der Waals surface area contributed by atoms with Gasteiger partial charge in [0.1, 0.15) is 0 Å². The molecule has 0 aromatic carbocycles. The summed E-state index contributed by atoms with van der Waals surface area (Å²) in [7, 11) is 0. The fourth-order valence-corrected chi connectivity index (χ4v) is 0.732. The van der Waals surface area contributed by atoms with Crippen molar-refractivity contribution in [3.05, 3.63) is 36.5 Å². The first kappa shape index (κ1) is 9.18. The Morgan fingerprint density at radius 3 is 2.00 bits per heavy atom. The smallest absolute Gasteiger partial charge is 0.252 e. The highest BCUT2D eigenvalue weighted by Crippen LogP contribution is 2.09. The van der Waals surface area contributed by atoms with Gasteiger partial charge in [0.25, 0.3) is 5.24 Å². The van der Waals surface area contributed by atoms with Gasteiger partial charge < -0.3 is 0 Å². The highest BCUT2D eigenvalue weighted by molar-refractivity contribution is 6.68. The fourth-order valence-electron chi connectivity index (χ4n) is 0.506. The van der Waals surface area contributed by atoms with Crippen molar-refractivity contribution >= 4 is 16.8 Å². The third-order valence-corrected chi connectivity index (χ3v) is 1.35. The number of halogens is 1. The average Bonchev–Trinajstić information content (AvgIpc) is 1.88. The first-order valence-corrected chi connectivity index (χ1v) is 3.16. The lowest BCUT2D eigenvalue weighted by molar-refractivity contribution is -0.108. The summed E-state index contributed by atoms with van der Waals surface area (Å²) in [5, 5.41) is -0.493. The molecule has 0 aliphatic heterocycles. The Hall–Kier alpha value is -0.820. The van der Waals surface area contributed by atoms with Crippen molar-refractivity contribution < 1.29 is 4.79 Å². The van der Waals surface area contributed by atoms with E-state index in [1.165, 1.54) is 6.08 Å². The number of allylic oxidation sites excluding steroid dienone is 4. The van der Waals surface area contributed by atoms with Gasteiger partial charge in [-0.05, 0) is 24.1 Å². The average molecular weight is 157 g/mol. The first-order chi connectivity index (χ1) is 4.63. The van der Waals surface area contributed by atoms with E-state index in [4.69, 9.17) is 11.6 Å². The molecular weight excluding hydrogens is 148 g/mol. The van der Waals surface area contributed by atoms with Crippen LogP contribution in [0.5, 0.6) is 0 Å². The van der Waals surface area contributed by atoms with Crippen molar-refractivity contribution in [1.29, 1.82) is 0 Å². The van der Waals surface area contributed by atoms with Crippen molar-refractivity contribution in [3.8, 4) is 0 Å². The van der Waals surface area contributed by atoms with E-state index in [0.29, 0.717) is 5.57 Å². The number of carbonyl (C=O) groups is 1. The molecular formula is C8H9ClO. The maximum atomic E-state index is 10.6. The van der Waals surface area contributed by atoms with Gasteiger partial charge >= 0.3 is 0 Å². The second kappa shape index (κ2) is 4.07. The Kier molecular flexibility index (Phi) is 3.74. The van der Waals surface area contributed by atoms with Crippen LogP contribution in [-0.4, -0.2) is 5.24 Å². The monoisotopic (exact) mass is 156 g/mol. The topological polar surface area (TPSA) is 17.1 Å². The lowest BCUT2D eigenvalue weighted by atomic mass is 10.1. The fraction of sp³-hybridized carbons (Fsp3) is 0.125. The summed E-state index contributed by atoms with van der Waals surface area (Å²) >= 11 is 5.20. The summed E-state index contributed by atoms with van der Waals surface area (Å²) in [6.07, 6.45) is 2.99. The van der Waals surface area contributed by atoms with Gasteiger partial charge in [-0.25, -0.2) is 0 Å². The summed E-state index contributed by atoms with van der Waals surface area (Å²) in [4.78, 5) is 10.6. The van der Waals surface area contributed by atoms with Crippen LogP contribution in [0.4, 0.5) is 0 Å². The van der Waals surface area contributed by atoms with Crippen molar-refractivity contribution in [2.75, 3.05) is 0 Å². The van der Waals surface area contributed by atoms with E-state index in [1.54, 1.807) is 13.0 Å². The molecule has 10 heavy (non-hydrogen) atoms. The van der Waals surface area contributed by atoms with E-state index in [-0.39, 0.29) is 0 Å². The number of carbonyl (C=O) groups excluding carboxylic acids is 1. The standard InChI is InChI=1S/C8H9ClO/c1-4-6(3)7(5-2)8(9)10/h4-5H,1-2H2,3H3/b7-6+. The summed E-state index contributed by atoms with van der Waals surface area (Å²) in [6, 6.07) is 0. The lowest BCUT2D eigenvalue weighted by Crippen LogP contribution is -1.91. The Morgan fingerprint density at radius 2 is 1.90 bits per heavy atom. The van der Waals surface area contributed by atoms with Crippen LogP contribution in [0.25, 0.3) is 0 Å². The summed E-state index contributed by atoms with van der Waals surface area (Å²) in [6.45, 7) is 8.69. The van der Waals surface area contributed by atoms with Gasteiger partial charge in [-0.2, -0.15) is 0 Å². The van der Waals surface area contributed by atoms with Crippen LogP contribution >= 0.6 is 11.6 Å². The molecule has 0 fully saturated rings. The second-order valence-corrected chi connectivity index (χ2v) is 2.12. The Balaban J connectivity index is 4.79. The van der Waals surface area contributed by atoms with Crippen LogP contribution in [0, 0.1) is 0 Å². The molecule has 0 atom stereocenters. The Bertz CT molecular complexity index is 201. The minimum Gasteiger partial charge on any atom is -0.276 e. The zero-order valence-corrected chi connectivity index (χ0v) is 6.61. The molecule has 0 heterocycles. The van der Waals surface area contributed by atoms with Crippen molar-refractivity contribution in [3.63, 3.8) is 0 Å². The quantitative estimate of drug-likeness (QED) is 0.349. The predicted octanol–water partition coefficient (Wildman–Crippen LogP) is 2.44. The summed E-state index contributed by atoms with van der Waals surface area (Å²) < 4.78 is 0. The molecule has 0 N–H and O–H groups in total. The van der Waals surface area contributed by atoms with Crippen LogP contribution in [0.15, 0.2) is 36.5 Å². The Morgan fingerprint density at radius 1 is 1.40 bits per heavy atom. The van der Waals surface area contributed by atoms with Gasteiger partial charge in [0.15, 0.2) is 0 Å². The van der Waals surface area contributed by atoms with Crippen LogP contribution < -0.4 is 0 Å². The third-order valence-electron chi connectivity index (χ3n) is 1.15. The van der Waals surface area contributed by atoms with Gasteiger partial charge in [0, 0.05) is 5.57 Å². The Labute approximate surface area is 65.7 Å². The molecule has 0 unspecified atom stereocenters. The molecule has 2 heteroatoms. The molecule has 1 nitrogen and oxygen atoms in total. The van der Waals surface area contributed by atoms with Gasteiger partial charge in [-0.1, -0.05) is 25.3 Å². The lowest BCUT2D eigenvalue weighted by Gasteiger charge is -1.95. The van der Waals surface area contributed by atoms with Gasteiger partial charge in [0.2, 0.25) is 0 Å². The number of hydrogen-bond acceptors (Lipinski definition) is 1. The van der Waals surface area contributed by atoms with E-state index >= 15 is 0 Å². The summed E-state index contributed by atoms with van der Waals surface area (Å²) in [5.41, 5.74) is 1.16. The molecule has 0 spiro atoms. The van der Waals surface area contributed by atoms with Gasteiger partial charge in [0.05, 0.1) is 0 Å². The van der Waals surface area contributed by atoms with Crippen molar-refractivity contribution in [2.45, 2.75) is 6.92 Å². The molecule has 0 bridgehead atoms. The molecule has 0 saturated carbocycles. The molecule has 0 aromatic heterocycles. The maximum absolute atomic E-state index is 10.6. The molecule has 0 rings (SSSR count). The molecule has 0 aliphatic rings. The van der Waals surface area contributed by atoms with Crippen LogP contribution in [-0.2, 0) is 4.79 Å². The highest BCUT2D eigenvalue weighted by atomic mass is 35.5. The second-order valence-electron chi connectivity index (χ2n) is 1.78. The minimum absolute atomic E-state index is 0.414. The molecule has 0 amide bonds. The van der Waals surface area contributed by atoms with E-state index in [2.05, 4.69) is 13.2 Å². The van der Waals surface area contributed by atoms with Gasteiger partial charge in [-0.15, -0.1) is 0 Å². The third kappa shape index (κ3) is 2.19. The highest BCUT2D eigenvalue weighted by Gasteiger charge is 2.02. The largest absolute Gasteiger partial charge is 0.276 e. The van der Waals surface area contributed by atoms with E-state index in [1.807, 2.05) is 0 Å². The van der Waals surface area contributed by atoms with Crippen LogP contribution in [0.3, 0.4) is 0 Å². The van der Waals surface area contributed by atoms with Crippen LogP contribution in [0.2, 0.25) is 0 Å². The molecule has 0 saturated heterocycles. The van der Waals surface area contributed by atoms with E-state index in [9.17, 15) is 4.79 Å². The SMILES string of the molecule is C=C/C(C)=C(\C=C)C(=O)Cl. The summed E-state index contributed by atoms with van der Waals surface area (Å²) in [5.74, 6) is 0.